The third-order valence-electron chi connectivity index (χ3n) is 1.85. The zero-order valence-corrected chi connectivity index (χ0v) is 9.12. The van der Waals surface area contributed by atoms with Crippen LogP contribution >= 0.6 is 0 Å². The van der Waals surface area contributed by atoms with Crippen LogP contribution < -0.4 is 0 Å². The van der Waals surface area contributed by atoms with Gasteiger partial charge in [0.05, 0.1) is 0 Å². The van der Waals surface area contributed by atoms with Crippen LogP contribution in [0.1, 0.15) is 60.8 Å². The second-order valence-electron chi connectivity index (χ2n) is 5.97. The standard InChI is InChI=1S/C11H24.Ba.2H/c1-10(2,3)8-7-9-11(4,5)6;;;/h7-9H2,1-6H3;;;. The minimum atomic E-state index is 0. The number of rotatable bonds is 2. The molecule has 0 aliphatic carbocycles. The summed E-state index contributed by atoms with van der Waals surface area (Å²) in [5.74, 6) is 0. The topological polar surface area (TPSA) is 0 Å². The zero-order chi connectivity index (χ0) is 9.12. The molecule has 0 radical (unpaired) electrons. The number of hydrogen-bond acceptors (Lipinski definition) is 0. The summed E-state index contributed by atoms with van der Waals surface area (Å²) in [4.78, 5) is 0. The van der Waals surface area contributed by atoms with E-state index in [4.69, 9.17) is 0 Å². The molecule has 0 heterocycles. The van der Waals surface area contributed by atoms with E-state index in [9.17, 15) is 0 Å². The van der Waals surface area contributed by atoms with E-state index in [-0.39, 0.29) is 48.9 Å². The summed E-state index contributed by atoms with van der Waals surface area (Å²) in [6.07, 6.45) is 4.07. The normalized spacial score (nSPS) is 12.5. The fraction of sp³-hybridized carbons (Fsp3) is 1.00. The van der Waals surface area contributed by atoms with Crippen molar-refractivity contribution in [2.75, 3.05) is 0 Å². The Labute approximate surface area is 119 Å². The Hall–Kier alpha value is 1.57. The molecule has 0 aromatic rings. The van der Waals surface area contributed by atoms with Gasteiger partial charge in [-0.3, -0.25) is 0 Å². The minimum absolute atomic E-state index is 0. The van der Waals surface area contributed by atoms with Crippen LogP contribution in [0.2, 0.25) is 0 Å². The fourth-order valence-electron chi connectivity index (χ4n) is 1.15. The van der Waals surface area contributed by atoms with Crippen LogP contribution in [-0.4, -0.2) is 48.9 Å². The summed E-state index contributed by atoms with van der Waals surface area (Å²) in [6.45, 7) is 13.9. The van der Waals surface area contributed by atoms with Gasteiger partial charge in [0.25, 0.3) is 0 Å². The van der Waals surface area contributed by atoms with Crippen LogP contribution in [0.3, 0.4) is 0 Å². The molecule has 1 heteroatoms. The van der Waals surface area contributed by atoms with Crippen LogP contribution in [-0.2, 0) is 0 Å². The van der Waals surface area contributed by atoms with Crippen molar-refractivity contribution in [3.63, 3.8) is 0 Å². The van der Waals surface area contributed by atoms with Crippen molar-refractivity contribution in [3.8, 4) is 0 Å². The molecule has 0 saturated heterocycles. The van der Waals surface area contributed by atoms with E-state index in [2.05, 4.69) is 41.5 Å². The van der Waals surface area contributed by atoms with Crippen molar-refractivity contribution >= 4 is 48.9 Å². The molecule has 0 fully saturated rings. The molecule has 0 aliphatic rings. The molecule has 0 aromatic heterocycles. The van der Waals surface area contributed by atoms with E-state index in [0.29, 0.717) is 10.8 Å². The quantitative estimate of drug-likeness (QED) is 0.686. The van der Waals surface area contributed by atoms with Crippen molar-refractivity contribution in [1.82, 2.24) is 0 Å². The van der Waals surface area contributed by atoms with Gasteiger partial charge in [-0.2, -0.15) is 0 Å². The zero-order valence-electron chi connectivity index (χ0n) is 9.12. The fourth-order valence-corrected chi connectivity index (χ4v) is 1.15. The molecule has 0 saturated carbocycles. The third-order valence-corrected chi connectivity index (χ3v) is 1.85. The molecule has 0 rings (SSSR count). The Morgan fingerprint density at radius 1 is 0.667 bits per heavy atom. The van der Waals surface area contributed by atoms with Gasteiger partial charge in [0, 0.05) is 0 Å². The van der Waals surface area contributed by atoms with Crippen LogP contribution in [0.15, 0.2) is 0 Å². The summed E-state index contributed by atoms with van der Waals surface area (Å²) in [5.41, 5.74) is 1.04. The first-order valence-electron chi connectivity index (χ1n) is 4.71. The molecule has 0 bridgehead atoms. The Balaban J connectivity index is 0. The van der Waals surface area contributed by atoms with E-state index in [1.807, 2.05) is 0 Å². The molecular weight excluding hydrogens is 269 g/mol. The molecule has 72 valence electrons. The van der Waals surface area contributed by atoms with Crippen molar-refractivity contribution in [2.45, 2.75) is 60.8 Å². The summed E-state index contributed by atoms with van der Waals surface area (Å²) >= 11 is 0. The maximum absolute atomic E-state index is 2.32. The van der Waals surface area contributed by atoms with Gasteiger partial charge in [0.15, 0.2) is 0 Å². The van der Waals surface area contributed by atoms with Gasteiger partial charge >= 0.3 is 48.9 Å². The monoisotopic (exact) mass is 296 g/mol. The molecule has 0 aliphatic heterocycles. The molecule has 0 aromatic carbocycles. The van der Waals surface area contributed by atoms with Gasteiger partial charge in [-0.25, -0.2) is 0 Å². The first kappa shape index (κ1) is 16.0. The van der Waals surface area contributed by atoms with E-state index in [0.717, 1.165) is 0 Å². The Morgan fingerprint density at radius 3 is 1.08 bits per heavy atom. The maximum atomic E-state index is 2.32. The number of hydrogen-bond donors (Lipinski definition) is 0. The average molecular weight is 296 g/mol. The predicted molar refractivity (Wildman–Crippen MR) is 61.3 cm³/mol. The molecule has 12 heavy (non-hydrogen) atoms. The summed E-state index contributed by atoms with van der Waals surface area (Å²) in [5, 5.41) is 0. The molecule has 0 atom stereocenters. The molecule has 0 N–H and O–H groups in total. The summed E-state index contributed by atoms with van der Waals surface area (Å²) in [6, 6.07) is 0. The van der Waals surface area contributed by atoms with Crippen LogP contribution in [0.4, 0.5) is 0 Å². The van der Waals surface area contributed by atoms with Crippen LogP contribution in [0.25, 0.3) is 0 Å². The second-order valence-corrected chi connectivity index (χ2v) is 5.97. The van der Waals surface area contributed by atoms with E-state index < -0.39 is 0 Å². The van der Waals surface area contributed by atoms with E-state index in [1.165, 1.54) is 19.3 Å². The summed E-state index contributed by atoms with van der Waals surface area (Å²) in [7, 11) is 0. The van der Waals surface area contributed by atoms with Gasteiger partial charge in [-0.15, -0.1) is 0 Å². The third kappa shape index (κ3) is 14.1. The Kier molecular flexibility index (Phi) is 8.18. The molecule has 0 unspecified atom stereocenters. The van der Waals surface area contributed by atoms with Crippen molar-refractivity contribution in [3.05, 3.63) is 0 Å². The van der Waals surface area contributed by atoms with Gasteiger partial charge in [-0.05, 0) is 23.7 Å². The molecule has 0 spiro atoms. The van der Waals surface area contributed by atoms with Gasteiger partial charge in [0.1, 0.15) is 0 Å². The molecular formula is C11H26Ba. The van der Waals surface area contributed by atoms with Crippen molar-refractivity contribution in [1.29, 1.82) is 0 Å². The summed E-state index contributed by atoms with van der Waals surface area (Å²) < 4.78 is 0. The average Bonchev–Trinajstić information content (AvgIpc) is 1.55. The predicted octanol–water partition coefficient (Wildman–Crippen LogP) is 3.33. The molecule has 0 amide bonds. The second kappa shape index (κ2) is 6.13. The first-order chi connectivity index (χ1) is 4.71. The molecule has 0 nitrogen and oxygen atoms in total. The Bertz CT molecular complexity index is 89.2. The van der Waals surface area contributed by atoms with Gasteiger partial charge in [0.2, 0.25) is 0 Å². The van der Waals surface area contributed by atoms with E-state index >= 15 is 0 Å². The van der Waals surface area contributed by atoms with Gasteiger partial charge < -0.3 is 0 Å². The van der Waals surface area contributed by atoms with Crippen molar-refractivity contribution < 1.29 is 0 Å². The Morgan fingerprint density at radius 2 is 0.917 bits per heavy atom. The van der Waals surface area contributed by atoms with Crippen molar-refractivity contribution in [2.24, 2.45) is 10.8 Å². The van der Waals surface area contributed by atoms with Crippen LogP contribution in [0, 0.1) is 10.8 Å². The van der Waals surface area contributed by atoms with Gasteiger partial charge in [-0.1, -0.05) is 48.0 Å². The van der Waals surface area contributed by atoms with Crippen LogP contribution in [0.5, 0.6) is 0 Å². The SMILES string of the molecule is CC(C)(C)CCCC(C)(C)C.[BaH2]. The first-order valence-corrected chi connectivity index (χ1v) is 4.71. The van der Waals surface area contributed by atoms with E-state index in [1.54, 1.807) is 0 Å².